The number of nitrogens with zero attached hydrogens (tertiary/aromatic N) is 1. The standard InChI is InChI=1S/C9H11FN2O2/c10-8-1-7(4-12-5-8)6(3-11)2-9(13)14/h1,4-6H,2-3,11H2,(H,13,14). The summed E-state index contributed by atoms with van der Waals surface area (Å²) in [5.41, 5.74) is 5.91. The number of hydrogen-bond donors (Lipinski definition) is 2. The molecule has 0 aliphatic heterocycles. The molecular formula is C9H11FN2O2. The first-order valence-electron chi connectivity index (χ1n) is 4.15. The zero-order valence-corrected chi connectivity index (χ0v) is 7.48. The van der Waals surface area contributed by atoms with Crippen LogP contribution in [-0.4, -0.2) is 22.6 Å². The first-order valence-corrected chi connectivity index (χ1v) is 4.15. The zero-order chi connectivity index (χ0) is 10.6. The third kappa shape index (κ3) is 2.77. The van der Waals surface area contributed by atoms with Crippen LogP contribution in [0.15, 0.2) is 18.5 Å². The van der Waals surface area contributed by atoms with Crippen molar-refractivity contribution < 1.29 is 14.3 Å². The predicted octanol–water partition coefficient (Wildman–Crippen LogP) is 0.738. The lowest BCUT2D eigenvalue weighted by Gasteiger charge is -2.11. The molecule has 4 nitrogen and oxygen atoms in total. The first-order chi connectivity index (χ1) is 6.63. The summed E-state index contributed by atoms with van der Waals surface area (Å²) in [5, 5.41) is 8.58. The van der Waals surface area contributed by atoms with Gasteiger partial charge in [0.05, 0.1) is 12.6 Å². The van der Waals surface area contributed by atoms with Gasteiger partial charge in [-0.3, -0.25) is 9.78 Å². The van der Waals surface area contributed by atoms with Crippen LogP contribution >= 0.6 is 0 Å². The molecule has 1 aromatic heterocycles. The Balaban J connectivity index is 2.83. The molecule has 0 aromatic carbocycles. The molecule has 0 fully saturated rings. The van der Waals surface area contributed by atoms with Gasteiger partial charge in [0, 0.05) is 12.1 Å². The predicted molar refractivity (Wildman–Crippen MR) is 48.2 cm³/mol. The Bertz CT molecular complexity index is 330. The summed E-state index contributed by atoms with van der Waals surface area (Å²) in [4.78, 5) is 14.1. The number of carboxylic acid groups (broad SMARTS) is 1. The number of aliphatic carboxylic acids is 1. The Morgan fingerprint density at radius 2 is 2.36 bits per heavy atom. The minimum absolute atomic E-state index is 0.109. The Labute approximate surface area is 80.6 Å². The molecule has 0 amide bonds. The summed E-state index contributed by atoms with van der Waals surface area (Å²) < 4.78 is 12.8. The highest BCUT2D eigenvalue weighted by atomic mass is 19.1. The average molecular weight is 198 g/mol. The van der Waals surface area contributed by atoms with Crippen molar-refractivity contribution in [2.45, 2.75) is 12.3 Å². The summed E-state index contributed by atoms with van der Waals surface area (Å²) in [6, 6.07) is 1.26. The van der Waals surface area contributed by atoms with E-state index in [-0.39, 0.29) is 18.9 Å². The molecule has 1 heterocycles. The minimum atomic E-state index is -0.954. The van der Waals surface area contributed by atoms with Crippen molar-refractivity contribution in [3.05, 3.63) is 29.8 Å². The topological polar surface area (TPSA) is 76.2 Å². The van der Waals surface area contributed by atoms with Gasteiger partial charge in [-0.1, -0.05) is 0 Å². The fourth-order valence-electron chi connectivity index (χ4n) is 1.20. The molecule has 0 bridgehead atoms. The maximum absolute atomic E-state index is 12.8. The monoisotopic (exact) mass is 198 g/mol. The van der Waals surface area contributed by atoms with E-state index < -0.39 is 11.8 Å². The van der Waals surface area contributed by atoms with E-state index in [0.717, 1.165) is 6.20 Å². The number of halogens is 1. The lowest BCUT2D eigenvalue weighted by Crippen LogP contribution is -2.16. The molecule has 0 saturated heterocycles. The molecule has 0 spiro atoms. The number of aromatic nitrogens is 1. The second-order valence-corrected chi connectivity index (χ2v) is 2.97. The van der Waals surface area contributed by atoms with Gasteiger partial charge in [0.15, 0.2) is 0 Å². The summed E-state index contributed by atoms with van der Waals surface area (Å²) in [5.74, 6) is -1.81. The van der Waals surface area contributed by atoms with Crippen molar-refractivity contribution in [2.75, 3.05) is 6.54 Å². The lowest BCUT2D eigenvalue weighted by atomic mass is 9.97. The van der Waals surface area contributed by atoms with Gasteiger partial charge in [-0.25, -0.2) is 4.39 Å². The molecule has 1 atom stereocenters. The van der Waals surface area contributed by atoms with Crippen LogP contribution in [0.5, 0.6) is 0 Å². The van der Waals surface area contributed by atoms with Crippen molar-refractivity contribution in [3.8, 4) is 0 Å². The van der Waals surface area contributed by atoms with E-state index in [9.17, 15) is 9.18 Å². The smallest absolute Gasteiger partial charge is 0.304 e. The number of carboxylic acids is 1. The minimum Gasteiger partial charge on any atom is -0.481 e. The second-order valence-electron chi connectivity index (χ2n) is 2.97. The quantitative estimate of drug-likeness (QED) is 0.748. The van der Waals surface area contributed by atoms with Crippen LogP contribution in [0.2, 0.25) is 0 Å². The molecule has 14 heavy (non-hydrogen) atoms. The fraction of sp³-hybridized carbons (Fsp3) is 0.333. The van der Waals surface area contributed by atoms with Crippen LogP contribution in [0.1, 0.15) is 17.9 Å². The van der Waals surface area contributed by atoms with Gasteiger partial charge < -0.3 is 10.8 Å². The maximum atomic E-state index is 12.8. The molecule has 0 saturated carbocycles. The lowest BCUT2D eigenvalue weighted by molar-refractivity contribution is -0.137. The van der Waals surface area contributed by atoms with E-state index in [1.165, 1.54) is 12.3 Å². The summed E-state index contributed by atoms with van der Waals surface area (Å²) >= 11 is 0. The Hall–Kier alpha value is -1.49. The van der Waals surface area contributed by atoms with E-state index in [0.29, 0.717) is 5.56 Å². The van der Waals surface area contributed by atoms with Crippen LogP contribution in [0.25, 0.3) is 0 Å². The van der Waals surface area contributed by atoms with Crippen molar-refractivity contribution in [2.24, 2.45) is 5.73 Å². The number of rotatable bonds is 4. The van der Waals surface area contributed by atoms with Crippen LogP contribution < -0.4 is 5.73 Å². The molecule has 1 aromatic rings. The van der Waals surface area contributed by atoms with Gasteiger partial charge >= 0.3 is 5.97 Å². The molecule has 0 radical (unpaired) electrons. The summed E-state index contributed by atoms with van der Waals surface area (Å²) in [7, 11) is 0. The molecule has 0 aliphatic carbocycles. The Kier molecular flexibility index (Phi) is 3.53. The van der Waals surface area contributed by atoms with E-state index in [4.69, 9.17) is 10.8 Å². The number of hydrogen-bond acceptors (Lipinski definition) is 3. The van der Waals surface area contributed by atoms with Crippen LogP contribution in [-0.2, 0) is 4.79 Å². The van der Waals surface area contributed by atoms with E-state index in [1.807, 2.05) is 0 Å². The van der Waals surface area contributed by atoms with Crippen molar-refractivity contribution >= 4 is 5.97 Å². The van der Waals surface area contributed by atoms with E-state index in [1.54, 1.807) is 0 Å². The van der Waals surface area contributed by atoms with Gasteiger partial charge in [0.1, 0.15) is 5.82 Å². The average Bonchev–Trinajstić information content (AvgIpc) is 2.14. The molecule has 5 heteroatoms. The van der Waals surface area contributed by atoms with E-state index >= 15 is 0 Å². The number of pyridine rings is 1. The van der Waals surface area contributed by atoms with Gasteiger partial charge in [-0.15, -0.1) is 0 Å². The Morgan fingerprint density at radius 3 is 2.86 bits per heavy atom. The van der Waals surface area contributed by atoms with Crippen molar-refractivity contribution in [1.82, 2.24) is 4.98 Å². The third-order valence-corrected chi connectivity index (χ3v) is 1.90. The van der Waals surface area contributed by atoms with Gasteiger partial charge in [-0.05, 0) is 18.2 Å². The first kappa shape index (κ1) is 10.6. The molecule has 76 valence electrons. The van der Waals surface area contributed by atoms with Gasteiger partial charge in [-0.2, -0.15) is 0 Å². The van der Waals surface area contributed by atoms with Crippen LogP contribution in [0.3, 0.4) is 0 Å². The number of nitrogens with two attached hydrogens (primary N) is 1. The number of carbonyl (C=O) groups is 1. The van der Waals surface area contributed by atoms with Crippen LogP contribution in [0, 0.1) is 5.82 Å². The SMILES string of the molecule is NCC(CC(=O)O)c1cncc(F)c1. The van der Waals surface area contributed by atoms with E-state index in [2.05, 4.69) is 4.98 Å². The van der Waals surface area contributed by atoms with Crippen molar-refractivity contribution in [1.29, 1.82) is 0 Å². The molecule has 0 aliphatic rings. The highest BCUT2D eigenvalue weighted by Gasteiger charge is 2.14. The molecule has 3 N–H and O–H groups in total. The molecule has 1 rings (SSSR count). The summed E-state index contributed by atoms with van der Waals surface area (Å²) in [6.45, 7) is 0.164. The largest absolute Gasteiger partial charge is 0.481 e. The van der Waals surface area contributed by atoms with Gasteiger partial charge in [0.2, 0.25) is 0 Å². The third-order valence-electron chi connectivity index (χ3n) is 1.90. The molecule has 1 unspecified atom stereocenters. The summed E-state index contributed by atoms with van der Waals surface area (Å²) in [6.07, 6.45) is 2.39. The highest BCUT2D eigenvalue weighted by molar-refractivity contribution is 5.68. The fourth-order valence-corrected chi connectivity index (χ4v) is 1.20. The Morgan fingerprint density at radius 1 is 1.64 bits per heavy atom. The normalized spacial score (nSPS) is 12.4. The second kappa shape index (κ2) is 4.66. The maximum Gasteiger partial charge on any atom is 0.304 e. The van der Waals surface area contributed by atoms with Crippen molar-refractivity contribution in [3.63, 3.8) is 0 Å². The molecular weight excluding hydrogens is 187 g/mol. The highest BCUT2D eigenvalue weighted by Crippen LogP contribution is 2.17. The van der Waals surface area contributed by atoms with Crippen LogP contribution in [0.4, 0.5) is 4.39 Å². The zero-order valence-electron chi connectivity index (χ0n) is 7.48. The van der Waals surface area contributed by atoms with Gasteiger partial charge in [0.25, 0.3) is 0 Å².